The summed E-state index contributed by atoms with van der Waals surface area (Å²) in [6.45, 7) is 5.12. The first-order valence-electron chi connectivity index (χ1n) is 6.48. The molecule has 1 atom stereocenters. The fraction of sp³-hybridized carbons (Fsp3) is 0.692. The summed E-state index contributed by atoms with van der Waals surface area (Å²) in [5.41, 5.74) is 1.46. The van der Waals surface area contributed by atoms with Crippen molar-refractivity contribution >= 4 is 5.82 Å². The minimum absolute atomic E-state index is 0.658. The van der Waals surface area contributed by atoms with Crippen LogP contribution in [0, 0.1) is 24.2 Å². The second-order valence-corrected chi connectivity index (χ2v) is 5.20. The highest BCUT2D eigenvalue weighted by Gasteiger charge is 2.19. The van der Waals surface area contributed by atoms with Crippen LogP contribution in [0.1, 0.15) is 24.1 Å². The van der Waals surface area contributed by atoms with Crippen LogP contribution in [0.4, 0.5) is 5.82 Å². The lowest BCUT2D eigenvalue weighted by Crippen LogP contribution is -2.35. The van der Waals surface area contributed by atoms with Gasteiger partial charge in [-0.15, -0.1) is 0 Å². The number of hydrogen-bond acceptors (Lipinski definition) is 4. The van der Waals surface area contributed by atoms with Crippen molar-refractivity contribution in [3.8, 4) is 6.07 Å². The quantitative estimate of drug-likeness (QED) is 0.876. The molecule has 1 aromatic heterocycles. The number of aromatic nitrogens is 2. The SMILES string of the molecule is Cc1nn(C)c(NCC2CCCN(C)C2)c1C#N. The van der Waals surface area contributed by atoms with Gasteiger partial charge in [-0.2, -0.15) is 10.4 Å². The molecule has 1 unspecified atom stereocenters. The van der Waals surface area contributed by atoms with Gasteiger partial charge in [0.1, 0.15) is 17.5 Å². The van der Waals surface area contributed by atoms with E-state index in [0.29, 0.717) is 11.5 Å². The molecule has 1 saturated heterocycles. The van der Waals surface area contributed by atoms with Gasteiger partial charge in [0, 0.05) is 20.1 Å². The molecule has 0 aliphatic carbocycles. The zero-order valence-corrected chi connectivity index (χ0v) is 11.4. The average Bonchev–Trinajstić information content (AvgIpc) is 2.60. The Hall–Kier alpha value is -1.54. The van der Waals surface area contributed by atoms with Crippen LogP contribution in [0.2, 0.25) is 0 Å². The molecular weight excluding hydrogens is 226 g/mol. The maximum atomic E-state index is 9.14. The molecule has 1 aliphatic heterocycles. The number of anilines is 1. The van der Waals surface area contributed by atoms with E-state index < -0.39 is 0 Å². The Morgan fingerprint density at radius 1 is 1.50 bits per heavy atom. The molecule has 1 aliphatic rings. The number of likely N-dealkylation sites (tertiary alicyclic amines) is 1. The molecule has 5 heteroatoms. The van der Waals surface area contributed by atoms with Crippen LogP contribution >= 0.6 is 0 Å². The Kier molecular flexibility index (Phi) is 3.87. The van der Waals surface area contributed by atoms with E-state index in [-0.39, 0.29) is 0 Å². The number of hydrogen-bond donors (Lipinski definition) is 1. The summed E-state index contributed by atoms with van der Waals surface area (Å²) in [6, 6.07) is 2.22. The van der Waals surface area contributed by atoms with E-state index in [1.54, 1.807) is 4.68 Å². The van der Waals surface area contributed by atoms with Crippen LogP contribution in [0.25, 0.3) is 0 Å². The van der Waals surface area contributed by atoms with Gasteiger partial charge in [0.15, 0.2) is 0 Å². The zero-order valence-electron chi connectivity index (χ0n) is 11.4. The molecule has 1 N–H and O–H groups in total. The second-order valence-electron chi connectivity index (χ2n) is 5.20. The van der Waals surface area contributed by atoms with Crippen LogP contribution < -0.4 is 5.32 Å². The fourth-order valence-electron chi connectivity index (χ4n) is 2.68. The molecule has 0 saturated carbocycles. The molecule has 0 bridgehead atoms. The van der Waals surface area contributed by atoms with Gasteiger partial charge >= 0.3 is 0 Å². The van der Waals surface area contributed by atoms with Gasteiger partial charge in [0.2, 0.25) is 0 Å². The lowest BCUT2D eigenvalue weighted by Gasteiger charge is -2.29. The molecule has 1 fully saturated rings. The first-order valence-corrected chi connectivity index (χ1v) is 6.48. The van der Waals surface area contributed by atoms with Gasteiger partial charge in [0.05, 0.1) is 5.69 Å². The lowest BCUT2D eigenvalue weighted by molar-refractivity contribution is 0.217. The molecule has 0 spiro atoms. The van der Waals surface area contributed by atoms with Gasteiger partial charge in [0.25, 0.3) is 0 Å². The summed E-state index contributed by atoms with van der Waals surface area (Å²) in [6.07, 6.45) is 2.52. The number of nitriles is 1. The molecule has 0 amide bonds. The number of piperidine rings is 1. The van der Waals surface area contributed by atoms with Gasteiger partial charge in [-0.3, -0.25) is 4.68 Å². The summed E-state index contributed by atoms with van der Waals surface area (Å²) in [5, 5.41) is 16.8. The zero-order chi connectivity index (χ0) is 13.1. The first-order chi connectivity index (χ1) is 8.61. The molecule has 0 aromatic carbocycles. The van der Waals surface area contributed by atoms with E-state index >= 15 is 0 Å². The third-order valence-corrected chi connectivity index (χ3v) is 3.61. The van der Waals surface area contributed by atoms with Gasteiger partial charge in [-0.25, -0.2) is 0 Å². The number of rotatable bonds is 3. The molecule has 98 valence electrons. The van der Waals surface area contributed by atoms with Crippen LogP contribution in [0.3, 0.4) is 0 Å². The molecule has 2 rings (SSSR count). The molecule has 5 nitrogen and oxygen atoms in total. The van der Waals surface area contributed by atoms with E-state index in [9.17, 15) is 0 Å². The van der Waals surface area contributed by atoms with E-state index in [1.807, 2.05) is 14.0 Å². The summed E-state index contributed by atoms with van der Waals surface area (Å²) in [4.78, 5) is 2.37. The van der Waals surface area contributed by atoms with Crippen LogP contribution in [0.5, 0.6) is 0 Å². The molecule has 1 aromatic rings. The highest BCUT2D eigenvalue weighted by molar-refractivity contribution is 5.54. The molecular formula is C13H21N5. The van der Waals surface area contributed by atoms with Gasteiger partial charge < -0.3 is 10.2 Å². The van der Waals surface area contributed by atoms with Crippen molar-refractivity contribution in [3.63, 3.8) is 0 Å². The smallest absolute Gasteiger partial charge is 0.142 e. The maximum absolute atomic E-state index is 9.14. The fourth-order valence-corrected chi connectivity index (χ4v) is 2.68. The average molecular weight is 247 g/mol. The summed E-state index contributed by atoms with van der Waals surface area (Å²) in [5.74, 6) is 1.51. The minimum atomic E-state index is 0.658. The van der Waals surface area contributed by atoms with Crippen molar-refractivity contribution in [2.75, 3.05) is 32.0 Å². The second kappa shape index (κ2) is 5.40. The Labute approximate surface area is 108 Å². The highest BCUT2D eigenvalue weighted by Crippen LogP contribution is 2.20. The van der Waals surface area contributed by atoms with Crippen molar-refractivity contribution in [3.05, 3.63) is 11.3 Å². The van der Waals surface area contributed by atoms with E-state index in [0.717, 1.165) is 24.6 Å². The Bertz CT molecular complexity index is 457. The van der Waals surface area contributed by atoms with Crippen LogP contribution in [-0.2, 0) is 7.05 Å². The van der Waals surface area contributed by atoms with Crippen molar-refractivity contribution in [2.45, 2.75) is 19.8 Å². The van der Waals surface area contributed by atoms with Crippen molar-refractivity contribution in [1.82, 2.24) is 14.7 Å². The summed E-state index contributed by atoms with van der Waals surface area (Å²) >= 11 is 0. The Morgan fingerprint density at radius 2 is 2.28 bits per heavy atom. The topological polar surface area (TPSA) is 56.9 Å². The van der Waals surface area contributed by atoms with Crippen molar-refractivity contribution in [2.24, 2.45) is 13.0 Å². The Balaban J connectivity index is 2.00. The van der Waals surface area contributed by atoms with E-state index in [4.69, 9.17) is 5.26 Å². The first kappa shape index (κ1) is 12.9. The highest BCUT2D eigenvalue weighted by atomic mass is 15.3. The largest absolute Gasteiger partial charge is 0.369 e. The predicted octanol–water partition coefficient (Wildman–Crippen LogP) is 1.35. The van der Waals surface area contributed by atoms with E-state index in [1.165, 1.54) is 19.4 Å². The Morgan fingerprint density at radius 3 is 2.94 bits per heavy atom. The summed E-state index contributed by atoms with van der Waals surface area (Å²) < 4.78 is 1.76. The lowest BCUT2D eigenvalue weighted by atomic mass is 9.98. The summed E-state index contributed by atoms with van der Waals surface area (Å²) in [7, 11) is 4.05. The van der Waals surface area contributed by atoms with Crippen LogP contribution in [-0.4, -0.2) is 41.4 Å². The normalized spacial score (nSPS) is 20.7. The minimum Gasteiger partial charge on any atom is -0.369 e. The van der Waals surface area contributed by atoms with Gasteiger partial charge in [-0.1, -0.05) is 0 Å². The third-order valence-electron chi connectivity index (χ3n) is 3.61. The number of aryl methyl sites for hydroxylation is 2. The van der Waals surface area contributed by atoms with Gasteiger partial charge in [-0.05, 0) is 39.3 Å². The number of nitrogens with zero attached hydrogens (tertiary/aromatic N) is 4. The standard InChI is InChI=1S/C13H21N5/c1-10-12(7-14)13(18(3)16-10)15-8-11-5-4-6-17(2)9-11/h11,15H,4-6,8-9H2,1-3H3. The molecule has 2 heterocycles. The third kappa shape index (κ3) is 2.65. The monoisotopic (exact) mass is 247 g/mol. The van der Waals surface area contributed by atoms with Crippen molar-refractivity contribution < 1.29 is 0 Å². The predicted molar refractivity (Wildman–Crippen MR) is 71.4 cm³/mol. The molecule has 18 heavy (non-hydrogen) atoms. The van der Waals surface area contributed by atoms with Crippen molar-refractivity contribution in [1.29, 1.82) is 5.26 Å². The maximum Gasteiger partial charge on any atom is 0.142 e. The molecule has 0 radical (unpaired) electrons. The van der Waals surface area contributed by atoms with E-state index in [2.05, 4.69) is 28.4 Å². The van der Waals surface area contributed by atoms with Crippen LogP contribution in [0.15, 0.2) is 0 Å². The number of nitrogens with one attached hydrogen (secondary N) is 1.